The average molecular weight is 412 g/mol. The number of hydrazine groups is 1. The molecular weight excluding hydrogens is 388 g/mol. The Hall–Kier alpha value is -3.93. The Morgan fingerprint density at radius 2 is 1.35 bits per heavy atom. The summed E-state index contributed by atoms with van der Waals surface area (Å²) in [4.78, 5) is 25.2. The highest BCUT2D eigenvalue weighted by atomic mass is 16.2. The lowest BCUT2D eigenvalue weighted by Gasteiger charge is -2.25. The highest BCUT2D eigenvalue weighted by Gasteiger charge is 2.22. The topological polar surface area (TPSA) is 65.0 Å². The van der Waals surface area contributed by atoms with Crippen molar-refractivity contribution in [2.24, 2.45) is 5.10 Å². The zero-order valence-corrected chi connectivity index (χ0v) is 17.1. The van der Waals surface area contributed by atoms with E-state index in [9.17, 15) is 9.59 Å². The highest BCUT2D eigenvalue weighted by molar-refractivity contribution is 6.02. The standard InChI is InChI=1S/C25H24N4O2/c30-24(27-29(21-12-6-2-7-13-21)22-14-8-3-9-15-22)16-17-25(31)28-19-18-23(26-28)20-10-4-1-5-11-20/h1-15H,16-19H2,(H,27,30). The van der Waals surface area contributed by atoms with Crippen LogP contribution in [0.5, 0.6) is 0 Å². The van der Waals surface area contributed by atoms with E-state index >= 15 is 0 Å². The molecule has 0 aliphatic carbocycles. The molecule has 2 amide bonds. The van der Waals surface area contributed by atoms with Gasteiger partial charge in [-0.05, 0) is 29.8 Å². The van der Waals surface area contributed by atoms with Crippen molar-refractivity contribution in [3.8, 4) is 0 Å². The maximum atomic E-state index is 12.6. The zero-order valence-electron chi connectivity index (χ0n) is 17.1. The number of hydrazone groups is 1. The highest BCUT2D eigenvalue weighted by Crippen LogP contribution is 2.22. The van der Waals surface area contributed by atoms with E-state index in [1.165, 1.54) is 5.01 Å². The fourth-order valence-corrected chi connectivity index (χ4v) is 3.43. The largest absolute Gasteiger partial charge is 0.273 e. The summed E-state index contributed by atoms with van der Waals surface area (Å²) in [6.07, 6.45) is 0.911. The zero-order chi connectivity index (χ0) is 21.5. The first-order valence-corrected chi connectivity index (χ1v) is 10.3. The van der Waals surface area contributed by atoms with Crippen molar-refractivity contribution in [1.82, 2.24) is 10.4 Å². The lowest BCUT2D eigenvalue weighted by atomic mass is 10.1. The van der Waals surface area contributed by atoms with Gasteiger partial charge in [0, 0.05) is 19.3 Å². The molecule has 0 bridgehead atoms. The number of hydrogen-bond acceptors (Lipinski definition) is 4. The number of anilines is 2. The van der Waals surface area contributed by atoms with Gasteiger partial charge in [-0.2, -0.15) is 5.10 Å². The van der Waals surface area contributed by atoms with Crippen molar-refractivity contribution in [1.29, 1.82) is 0 Å². The SMILES string of the molecule is O=C(CCC(=O)N1CCC(c2ccccc2)=N1)NN(c1ccccc1)c1ccccc1. The molecule has 6 heteroatoms. The first kappa shape index (κ1) is 20.3. The second kappa shape index (κ2) is 9.71. The number of benzene rings is 3. The molecular formula is C25H24N4O2. The molecule has 1 aliphatic heterocycles. The Bertz CT molecular complexity index is 1010. The molecule has 0 unspecified atom stereocenters. The predicted octanol–water partition coefficient (Wildman–Crippen LogP) is 4.27. The number of carbonyl (C=O) groups is 2. The number of nitrogens with one attached hydrogen (secondary N) is 1. The van der Waals surface area contributed by atoms with Crippen LogP contribution in [0.3, 0.4) is 0 Å². The van der Waals surface area contributed by atoms with Gasteiger partial charge >= 0.3 is 0 Å². The second-order valence-corrected chi connectivity index (χ2v) is 7.22. The van der Waals surface area contributed by atoms with Gasteiger partial charge in [-0.3, -0.25) is 20.0 Å². The molecule has 0 atom stereocenters. The Balaban J connectivity index is 1.37. The summed E-state index contributed by atoms with van der Waals surface area (Å²) in [6, 6.07) is 29.0. The van der Waals surface area contributed by atoms with Crippen molar-refractivity contribution >= 4 is 28.9 Å². The summed E-state index contributed by atoms with van der Waals surface area (Å²) >= 11 is 0. The summed E-state index contributed by atoms with van der Waals surface area (Å²) in [5.74, 6) is -0.375. The van der Waals surface area contributed by atoms with Crippen LogP contribution in [-0.2, 0) is 9.59 Å². The van der Waals surface area contributed by atoms with E-state index in [-0.39, 0.29) is 24.7 Å². The van der Waals surface area contributed by atoms with Crippen molar-refractivity contribution in [2.75, 3.05) is 11.6 Å². The summed E-state index contributed by atoms with van der Waals surface area (Å²) < 4.78 is 0. The lowest BCUT2D eigenvalue weighted by Crippen LogP contribution is -2.39. The van der Waals surface area contributed by atoms with E-state index < -0.39 is 0 Å². The first-order valence-electron chi connectivity index (χ1n) is 10.3. The molecule has 1 N–H and O–H groups in total. The average Bonchev–Trinajstić information content (AvgIpc) is 3.33. The van der Waals surface area contributed by atoms with Gasteiger partial charge in [0.25, 0.3) is 0 Å². The normalized spacial score (nSPS) is 12.9. The molecule has 3 aromatic carbocycles. The number of para-hydroxylation sites is 2. The molecule has 1 heterocycles. The lowest BCUT2D eigenvalue weighted by molar-refractivity contribution is -0.133. The fraction of sp³-hybridized carbons (Fsp3) is 0.160. The Labute approximate surface area is 181 Å². The fourth-order valence-electron chi connectivity index (χ4n) is 3.43. The first-order chi connectivity index (χ1) is 15.2. The van der Waals surface area contributed by atoms with E-state index in [2.05, 4.69) is 10.5 Å². The summed E-state index contributed by atoms with van der Waals surface area (Å²) in [6.45, 7) is 0.546. The van der Waals surface area contributed by atoms with Crippen LogP contribution in [0.1, 0.15) is 24.8 Å². The van der Waals surface area contributed by atoms with Crippen LogP contribution >= 0.6 is 0 Å². The van der Waals surface area contributed by atoms with Gasteiger partial charge in [0.05, 0.1) is 23.6 Å². The molecule has 0 fully saturated rings. The van der Waals surface area contributed by atoms with Crippen molar-refractivity contribution in [3.05, 3.63) is 96.6 Å². The van der Waals surface area contributed by atoms with Gasteiger partial charge in [0.1, 0.15) is 0 Å². The van der Waals surface area contributed by atoms with Crippen LogP contribution in [-0.4, -0.2) is 29.1 Å². The third-order valence-electron chi connectivity index (χ3n) is 5.03. The van der Waals surface area contributed by atoms with Gasteiger partial charge in [0.2, 0.25) is 11.8 Å². The number of amides is 2. The van der Waals surface area contributed by atoms with E-state index in [4.69, 9.17) is 0 Å². The van der Waals surface area contributed by atoms with Gasteiger partial charge < -0.3 is 0 Å². The molecule has 3 aromatic rings. The van der Waals surface area contributed by atoms with Gasteiger partial charge in [0.15, 0.2) is 0 Å². The van der Waals surface area contributed by atoms with Crippen LogP contribution in [0, 0.1) is 0 Å². The molecule has 31 heavy (non-hydrogen) atoms. The minimum Gasteiger partial charge on any atom is -0.273 e. The van der Waals surface area contributed by atoms with Crippen LogP contribution in [0.4, 0.5) is 11.4 Å². The van der Waals surface area contributed by atoms with Crippen LogP contribution in [0.2, 0.25) is 0 Å². The minimum absolute atomic E-state index is 0.0850. The van der Waals surface area contributed by atoms with Gasteiger partial charge in [-0.15, -0.1) is 0 Å². The van der Waals surface area contributed by atoms with E-state index in [0.717, 1.165) is 29.1 Å². The van der Waals surface area contributed by atoms with Crippen LogP contribution in [0.25, 0.3) is 0 Å². The molecule has 1 aliphatic rings. The van der Waals surface area contributed by atoms with E-state index in [1.807, 2.05) is 91.0 Å². The summed E-state index contributed by atoms with van der Waals surface area (Å²) in [5, 5.41) is 7.66. The minimum atomic E-state index is -0.229. The van der Waals surface area contributed by atoms with Gasteiger partial charge in [-0.25, -0.2) is 5.01 Å². The number of rotatable bonds is 7. The molecule has 4 rings (SSSR count). The number of carbonyl (C=O) groups excluding carboxylic acids is 2. The quantitative estimate of drug-likeness (QED) is 0.590. The van der Waals surface area contributed by atoms with Gasteiger partial charge in [-0.1, -0.05) is 66.7 Å². The van der Waals surface area contributed by atoms with Crippen LogP contribution in [0.15, 0.2) is 96.1 Å². The van der Waals surface area contributed by atoms with Crippen LogP contribution < -0.4 is 10.4 Å². The van der Waals surface area contributed by atoms with Crippen molar-refractivity contribution < 1.29 is 9.59 Å². The Kier molecular flexibility index (Phi) is 6.38. The molecule has 0 saturated heterocycles. The van der Waals surface area contributed by atoms with Crippen molar-refractivity contribution in [2.45, 2.75) is 19.3 Å². The second-order valence-electron chi connectivity index (χ2n) is 7.22. The Morgan fingerprint density at radius 3 is 1.94 bits per heavy atom. The van der Waals surface area contributed by atoms with E-state index in [0.29, 0.717) is 6.54 Å². The number of nitrogens with zero attached hydrogens (tertiary/aromatic N) is 3. The van der Waals surface area contributed by atoms with E-state index in [1.54, 1.807) is 5.01 Å². The maximum Gasteiger partial charge on any atom is 0.243 e. The smallest absolute Gasteiger partial charge is 0.243 e. The maximum absolute atomic E-state index is 12.6. The number of hydrogen-bond donors (Lipinski definition) is 1. The molecule has 0 spiro atoms. The molecule has 0 saturated carbocycles. The molecule has 0 radical (unpaired) electrons. The third-order valence-corrected chi connectivity index (χ3v) is 5.03. The molecule has 156 valence electrons. The summed E-state index contributed by atoms with van der Waals surface area (Å²) in [5.41, 5.74) is 6.52. The Morgan fingerprint density at radius 1 is 0.806 bits per heavy atom. The summed E-state index contributed by atoms with van der Waals surface area (Å²) in [7, 11) is 0. The monoisotopic (exact) mass is 412 g/mol. The van der Waals surface area contributed by atoms with Crippen molar-refractivity contribution in [3.63, 3.8) is 0 Å². The third kappa shape index (κ3) is 5.17. The molecule has 6 nitrogen and oxygen atoms in total. The predicted molar refractivity (Wildman–Crippen MR) is 122 cm³/mol. The molecule has 0 aromatic heterocycles.